The number of aliphatic hydroxyl groups is 2. The van der Waals surface area contributed by atoms with Crippen LogP contribution >= 0.6 is 0 Å². The second-order valence-electron chi connectivity index (χ2n) is 19.6. The molecule has 0 bridgehead atoms. The van der Waals surface area contributed by atoms with E-state index in [1.165, 1.54) is 109 Å². The van der Waals surface area contributed by atoms with Crippen LogP contribution in [0.5, 0.6) is 0 Å². The van der Waals surface area contributed by atoms with Crippen molar-refractivity contribution in [3.8, 4) is 0 Å². The van der Waals surface area contributed by atoms with Crippen molar-refractivity contribution < 1.29 is 58.2 Å². The van der Waals surface area contributed by atoms with Crippen LogP contribution in [-0.4, -0.2) is 89.2 Å². The van der Waals surface area contributed by atoms with Gasteiger partial charge < -0.3 is 39.0 Å². The van der Waals surface area contributed by atoms with E-state index in [0.29, 0.717) is 19.3 Å². The summed E-state index contributed by atoms with van der Waals surface area (Å²) in [5.41, 5.74) is 0. The number of rotatable bonds is 48. The first kappa shape index (κ1) is 64.2. The first-order valence-electron chi connectivity index (χ1n) is 28.3. The van der Waals surface area contributed by atoms with Crippen LogP contribution in [0.4, 0.5) is 0 Å². The number of aliphatic hydroxyl groups excluding tert-OH is 2. The third kappa shape index (κ3) is 36.7. The number of carboxylic acid groups (broad SMARTS) is 1. The Labute approximate surface area is 419 Å². The van der Waals surface area contributed by atoms with Crippen LogP contribution in [0.3, 0.4) is 0 Å². The van der Waals surface area contributed by atoms with Gasteiger partial charge in [0.15, 0.2) is 24.6 Å². The van der Waals surface area contributed by atoms with Crippen molar-refractivity contribution >= 4 is 23.9 Å². The number of allylic oxidation sites excluding steroid dienone is 4. The number of esters is 3. The third-order valence-corrected chi connectivity index (χ3v) is 13.0. The van der Waals surface area contributed by atoms with Gasteiger partial charge in [0.25, 0.3) is 0 Å². The van der Waals surface area contributed by atoms with Gasteiger partial charge in [-0.15, -0.1) is 0 Å². The smallest absolute Gasteiger partial charge is 0.335 e. The molecule has 12 heteroatoms. The highest BCUT2D eigenvalue weighted by molar-refractivity contribution is 5.74. The lowest BCUT2D eigenvalue weighted by Gasteiger charge is -2.40. The highest BCUT2D eigenvalue weighted by Crippen LogP contribution is 2.26. The molecule has 1 saturated heterocycles. The molecule has 12 nitrogen and oxygen atoms in total. The molecule has 0 aromatic heterocycles. The molecular formula is C57H102O12. The molecule has 1 aliphatic rings. The highest BCUT2D eigenvalue weighted by atomic mass is 16.7. The van der Waals surface area contributed by atoms with Gasteiger partial charge in [-0.3, -0.25) is 14.4 Å². The molecule has 1 rings (SSSR count). The summed E-state index contributed by atoms with van der Waals surface area (Å²) in [5.74, 6) is -3.12. The minimum absolute atomic E-state index is 0.0536. The Balaban J connectivity index is 2.71. The van der Waals surface area contributed by atoms with Crippen LogP contribution in [0, 0.1) is 0 Å². The van der Waals surface area contributed by atoms with Crippen molar-refractivity contribution in [1.29, 1.82) is 0 Å². The molecule has 0 aromatic carbocycles. The zero-order valence-electron chi connectivity index (χ0n) is 44.1. The number of carbonyl (C=O) groups is 4. The molecule has 0 spiro atoms. The largest absolute Gasteiger partial charge is 0.479 e. The summed E-state index contributed by atoms with van der Waals surface area (Å²) in [5, 5.41) is 31.4. The summed E-state index contributed by atoms with van der Waals surface area (Å²) >= 11 is 0. The SMILES string of the molecule is CCCCCC/C=C\CCCCCCCC(=O)OCC(COC1OC(C(=O)O)C(O)C(O)C1OC(=O)CCCCCCC/C=C\CCCCCC)OC(=O)CCCCCCCCCCCCCCC. The number of aliphatic carboxylic acids is 1. The van der Waals surface area contributed by atoms with Crippen molar-refractivity contribution in [1.82, 2.24) is 0 Å². The van der Waals surface area contributed by atoms with Crippen LogP contribution in [0.15, 0.2) is 24.3 Å². The molecule has 3 N–H and O–H groups in total. The molecule has 1 heterocycles. The summed E-state index contributed by atoms with van der Waals surface area (Å²) in [4.78, 5) is 50.9. The lowest BCUT2D eigenvalue weighted by molar-refractivity contribution is -0.301. The minimum Gasteiger partial charge on any atom is -0.479 e. The lowest BCUT2D eigenvalue weighted by atomic mass is 9.98. The van der Waals surface area contributed by atoms with E-state index < -0.39 is 67.3 Å². The average Bonchev–Trinajstić information content (AvgIpc) is 3.33. The fraction of sp³-hybridized carbons (Fsp3) is 0.860. The molecule has 1 fully saturated rings. The fourth-order valence-electron chi connectivity index (χ4n) is 8.59. The Morgan fingerprint density at radius 3 is 1.25 bits per heavy atom. The zero-order valence-corrected chi connectivity index (χ0v) is 44.1. The quantitative estimate of drug-likeness (QED) is 0.0228. The predicted octanol–water partition coefficient (Wildman–Crippen LogP) is 13.9. The topological polar surface area (TPSA) is 175 Å². The molecule has 69 heavy (non-hydrogen) atoms. The zero-order chi connectivity index (χ0) is 50.4. The van der Waals surface area contributed by atoms with E-state index >= 15 is 0 Å². The molecule has 1 aliphatic heterocycles. The summed E-state index contributed by atoms with van der Waals surface area (Å²) in [6.45, 7) is 5.95. The molecule has 0 radical (unpaired) electrons. The van der Waals surface area contributed by atoms with Gasteiger partial charge in [0.1, 0.15) is 18.8 Å². The molecule has 6 atom stereocenters. The van der Waals surface area contributed by atoms with Gasteiger partial charge >= 0.3 is 23.9 Å². The highest BCUT2D eigenvalue weighted by Gasteiger charge is 2.50. The normalized spacial score (nSPS) is 18.8. The van der Waals surface area contributed by atoms with Crippen LogP contribution in [0.2, 0.25) is 0 Å². The second kappa shape index (κ2) is 46.3. The van der Waals surface area contributed by atoms with Crippen LogP contribution < -0.4 is 0 Å². The maximum Gasteiger partial charge on any atom is 0.335 e. The fourth-order valence-corrected chi connectivity index (χ4v) is 8.59. The third-order valence-electron chi connectivity index (χ3n) is 13.0. The maximum atomic E-state index is 13.1. The van der Waals surface area contributed by atoms with Gasteiger partial charge in [-0.2, -0.15) is 0 Å². The number of hydrogen-bond donors (Lipinski definition) is 3. The Bertz CT molecular complexity index is 1300. The monoisotopic (exact) mass is 979 g/mol. The van der Waals surface area contributed by atoms with Gasteiger partial charge in [-0.05, 0) is 70.6 Å². The van der Waals surface area contributed by atoms with Crippen molar-refractivity contribution in [2.45, 2.75) is 302 Å². The van der Waals surface area contributed by atoms with E-state index in [0.717, 1.165) is 96.3 Å². The molecule has 0 amide bonds. The molecular weight excluding hydrogens is 877 g/mol. The van der Waals surface area contributed by atoms with Gasteiger partial charge in [0, 0.05) is 19.3 Å². The molecule has 0 saturated carbocycles. The van der Waals surface area contributed by atoms with Crippen molar-refractivity contribution in [2.24, 2.45) is 0 Å². The van der Waals surface area contributed by atoms with E-state index in [2.05, 4.69) is 45.1 Å². The van der Waals surface area contributed by atoms with Gasteiger partial charge in [0.05, 0.1) is 6.61 Å². The van der Waals surface area contributed by atoms with E-state index in [1.54, 1.807) is 0 Å². The Hall–Kier alpha value is -2.80. The number of ether oxygens (including phenoxy) is 5. The van der Waals surface area contributed by atoms with Crippen molar-refractivity contribution in [2.75, 3.05) is 13.2 Å². The molecule has 0 aliphatic carbocycles. The number of carboxylic acids is 1. The van der Waals surface area contributed by atoms with E-state index in [-0.39, 0.29) is 25.9 Å². The average molecular weight is 979 g/mol. The molecule has 6 unspecified atom stereocenters. The molecule has 0 aromatic rings. The van der Waals surface area contributed by atoms with Gasteiger partial charge in [-0.25, -0.2) is 4.79 Å². The Kier molecular flexibility index (Phi) is 43.1. The van der Waals surface area contributed by atoms with E-state index in [1.807, 2.05) is 0 Å². The second-order valence-corrected chi connectivity index (χ2v) is 19.6. The van der Waals surface area contributed by atoms with Crippen LogP contribution in [0.25, 0.3) is 0 Å². The first-order valence-corrected chi connectivity index (χ1v) is 28.3. The van der Waals surface area contributed by atoms with E-state index in [4.69, 9.17) is 23.7 Å². The first-order chi connectivity index (χ1) is 33.6. The Morgan fingerprint density at radius 1 is 0.464 bits per heavy atom. The van der Waals surface area contributed by atoms with Crippen LogP contribution in [0.1, 0.15) is 265 Å². The predicted molar refractivity (Wildman–Crippen MR) is 276 cm³/mol. The van der Waals surface area contributed by atoms with Gasteiger partial charge in [-0.1, -0.05) is 199 Å². The van der Waals surface area contributed by atoms with E-state index in [9.17, 15) is 34.5 Å². The number of carbonyl (C=O) groups excluding carboxylic acids is 3. The van der Waals surface area contributed by atoms with Crippen LogP contribution in [-0.2, 0) is 42.9 Å². The lowest BCUT2D eigenvalue weighted by Crippen LogP contribution is -2.61. The van der Waals surface area contributed by atoms with Gasteiger partial charge in [0.2, 0.25) is 0 Å². The minimum atomic E-state index is -1.90. The summed E-state index contributed by atoms with van der Waals surface area (Å²) in [6, 6.07) is 0. The Morgan fingerprint density at radius 2 is 0.826 bits per heavy atom. The van der Waals surface area contributed by atoms with Crippen molar-refractivity contribution in [3.05, 3.63) is 24.3 Å². The maximum absolute atomic E-state index is 13.1. The summed E-state index contributed by atoms with van der Waals surface area (Å²) in [7, 11) is 0. The summed E-state index contributed by atoms with van der Waals surface area (Å²) in [6.07, 6.45) is 38.7. The van der Waals surface area contributed by atoms with Crippen molar-refractivity contribution in [3.63, 3.8) is 0 Å². The summed E-state index contributed by atoms with van der Waals surface area (Å²) < 4.78 is 28.4. The number of hydrogen-bond acceptors (Lipinski definition) is 11. The standard InChI is InChI=1S/C57H102O12/c1-4-7-10-13-16-19-22-25-28-31-34-37-40-43-49(58)65-46-48(67-50(59)44-41-38-35-32-29-26-23-20-17-14-11-8-5-2)47-66-57-55(53(62)52(61)54(69-57)56(63)64)68-51(60)45-42-39-36-33-30-27-24-21-18-15-12-9-6-3/h19,21-22,24,48,52-55,57,61-62H,4-18,20,23,25-47H2,1-3H3,(H,63,64)/b22-19-,24-21-. The molecule has 402 valence electrons. The number of unbranched alkanes of at least 4 members (excludes halogenated alkanes) is 30.